The van der Waals surface area contributed by atoms with E-state index in [-0.39, 0.29) is 0 Å². The molecule has 1 aromatic carbocycles. The Morgan fingerprint density at radius 3 is 2.80 bits per heavy atom. The van der Waals surface area contributed by atoms with Crippen LogP contribution in [0.4, 0.5) is 0 Å². The summed E-state index contributed by atoms with van der Waals surface area (Å²) in [5, 5.41) is 0. The maximum atomic E-state index is 5.56. The summed E-state index contributed by atoms with van der Waals surface area (Å²) < 4.78 is 6.54. The molecule has 0 N–H and O–H groups in total. The predicted octanol–water partition coefficient (Wildman–Crippen LogP) is 3.34. The molecule has 0 atom stereocenters. The van der Waals surface area contributed by atoms with E-state index >= 15 is 0 Å². The van der Waals surface area contributed by atoms with Crippen molar-refractivity contribution in [2.75, 3.05) is 0 Å². The highest BCUT2D eigenvalue weighted by Gasteiger charge is 1.99. The lowest BCUT2D eigenvalue weighted by Crippen LogP contribution is -1.90. The first-order chi connectivity index (χ1) is 7.24. The van der Waals surface area contributed by atoms with Crippen molar-refractivity contribution >= 4 is 15.9 Å². The molecule has 0 aliphatic carbocycles. The van der Waals surface area contributed by atoms with Crippen LogP contribution in [0.2, 0.25) is 0 Å². The van der Waals surface area contributed by atoms with Crippen LogP contribution < -0.4 is 4.74 Å². The molecule has 0 saturated carbocycles. The molecule has 0 fully saturated rings. The van der Waals surface area contributed by atoms with E-state index in [1.807, 2.05) is 31.2 Å². The Morgan fingerprint density at radius 2 is 2.07 bits per heavy atom. The number of hydrogen-bond acceptors (Lipinski definition) is 3. The van der Waals surface area contributed by atoms with Crippen molar-refractivity contribution in [3.8, 4) is 11.6 Å². The smallest absolute Gasteiger partial charge is 0.222 e. The number of benzene rings is 1. The summed E-state index contributed by atoms with van der Waals surface area (Å²) in [6.07, 6.45) is 1.49. The molecule has 4 heteroatoms. The van der Waals surface area contributed by atoms with Crippen molar-refractivity contribution in [3.63, 3.8) is 0 Å². The Hall–Kier alpha value is -1.42. The number of aryl methyl sites for hydroxylation is 1. The molecule has 0 saturated heterocycles. The van der Waals surface area contributed by atoms with Gasteiger partial charge in [0.05, 0.1) is 0 Å². The Bertz CT molecular complexity index is 430. The van der Waals surface area contributed by atoms with Crippen LogP contribution in [0.1, 0.15) is 5.69 Å². The molecular weight excluding hydrogens is 256 g/mol. The summed E-state index contributed by atoms with van der Waals surface area (Å²) in [7, 11) is 0. The van der Waals surface area contributed by atoms with Crippen LogP contribution in [-0.4, -0.2) is 9.97 Å². The summed E-state index contributed by atoms with van der Waals surface area (Å²) in [6, 6.07) is 9.41. The topological polar surface area (TPSA) is 35.0 Å². The van der Waals surface area contributed by atoms with E-state index in [0.717, 1.165) is 15.9 Å². The van der Waals surface area contributed by atoms with Crippen molar-refractivity contribution in [2.24, 2.45) is 0 Å². The van der Waals surface area contributed by atoms with Gasteiger partial charge in [0.25, 0.3) is 0 Å². The van der Waals surface area contributed by atoms with Gasteiger partial charge in [-0.05, 0) is 25.1 Å². The highest BCUT2D eigenvalue weighted by atomic mass is 79.9. The first-order valence-electron chi connectivity index (χ1n) is 4.46. The largest absolute Gasteiger partial charge is 0.439 e. The molecule has 0 bridgehead atoms. The number of aromatic nitrogens is 2. The molecule has 0 unspecified atom stereocenters. The third kappa shape index (κ3) is 2.76. The lowest BCUT2D eigenvalue weighted by atomic mass is 10.3. The van der Waals surface area contributed by atoms with Gasteiger partial charge in [-0.15, -0.1) is 0 Å². The number of rotatable bonds is 2. The van der Waals surface area contributed by atoms with Crippen molar-refractivity contribution in [2.45, 2.75) is 6.92 Å². The molecule has 0 radical (unpaired) electrons. The minimum Gasteiger partial charge on any atom is -0.439 e. The van der Waals surface area contributed by atoms with Crippen molar-refractivity contribution in [1.29, 1.82) is 0 Å². The van der Waals surface area contributed by atoms with E-state index < -0.39 is 0 Å². The fourth-order valence-corrected chi connectivity index (χ4v) is 1.52. The van der Waals surface area contributed by atoms with Gasteiger partial charge in [0.2, 0.25) is 5.88 Å². The molecule has 0 aliphatic heterocycles. The molecule has 2 aromatic rings. The van der Waals surface area contributed by atoms with Crippen LogP contribution in [0, 0.1) is 6.92 Å². The molecule has 2 rings (SSSR count). The van der Waals surface area contributed by atoms with Crippen LogP contribution in [0.3, 0.4) is 0 Å². The van der Waals surface area contributed by atoms with Gasteiger partial charge < -0.3 is 4.74 Å². The van der Waals surface area contributed by atoms with Gasteiger partial charge in [-0.2, -0.15) is 0 Å². The van der Waals surface area contributed by atoms with E-state index in [1.54, 1.807) is 6.07 Å². The lowest BCUT2D eigenvalue weighted by molar-refractivity contribution is 0.460. The SMILES string of the molecule is Cc1cc(Oc2cccc(Br)c2)ncn1. The highest BCUT2D eigenvalue weighted by molar-refractivity contribution is 9.10. The molecule has 0 aliphatic rings. The fraction of sp³-hybridized carbons (Fsp3) is 0.0909. The van der Waals surface area contributed by atoms with Crippen LogP contribution in [0.15, 0.2) is 41.1 Å². The number of ether oxygens (including phenoxy) is 1. The second-order valence-electron chi connectivity index (χ2n) is 3.06. The second kappa shape index (κ2) is 4.40. The van der Waals surface area contributed by atoms with E-state index in [1.165, 1.54) is 6.33 Å². The normalized spacial score (nSPS) is 10.0. The summed E-state index contributed by atoms with van der Waals surface area (Å²) in [6.45, 7) is 1.90. The predicted molar refractivity (Wildman–Crippen MR) is 61.0 cm³/mol. The fourth-order valence-electron chi connectivity index (χ4n) is 1.14. The van der Waals surface area contributed by atoms with Crippen molar-refractivity contribution in [1.82, 2.24) is 9.97 Å². The van der Waals surface area contributed by atoms with Crippen LogP contribution in [-0.2, 0) is 0 Å². The lowest BCUT2D eigenvalue weighted by Gasteiger charge is -2.04. The zero-order valence-corrected chi connectivity index (χ0v) is 9.73. The summed E-state index contributed by atoms with van der Waals surface area (Å²) >= 11 is 3.38. The number of hydrogen-bond donors (Lipinski definition) is 0. The minimum absolute atomic E-state index is 0.556. The number of halogens is 1. The standard InChI is InChI=1S/C11H9BrN2O/c1-8-5-11(14-7-13-8)15-10-4-2-3-9(12)6-10/h2-7H,1H3. The van der Waals surface area contributed by atoms with Gasteiger partial charge in [0.15, 0.2) is 0 Å². The quantitative estimate of drug-likeness (QED) is 0.835. The van der Waals surface area contributed by atoms with Gasteiger partial charge in [-0.25, -0.2) is 9.97 Å². The van der Waals surface area contributed by atoms with Crippen molar-refractivity contribution in [3.05, 3.63) is 46.8 Å². The van der Waals surface area contributed by atoms with E-state index in [9.17, 15) is 0 Å². The van der Waals surface area contributed by atoms with E-state index in [0.29, 0.717) is 5.88 Å². The molecule has 0 amide bonds. The Labute approximate surface area is 96.3 Å². The van der Waals surface area contributed by atoms with Gasteiger partial charge in [0.1, 0.15) is 12.1 Å². The monoisotopic (exact) mass is 264 g/mol. The molecule has 0 spiro atoms. The summed E-state index contributed by atoms with van der Waals surface area (Å²) in [5.74, 6) is 1.31. The maximum absolute atomic E-state index is 5.56. The van der Waals surface area contributed by atoms with Crippen LogP contribution in [0.25, 0.3) is 0 Å². The zero-order chi connectivity index (χ0) is 10.7. The molecule has 1 heterocycles. The Morgan fingerprint density at radius 1 is 1.20 bits per heavy atom. The molecular formula is C11H9BrN2O. The zero-order valence-electron chi connectivity index (χ0n) is 8.14. The van der Waals surface area contributed by atoms with Gasteiger partial charge in [-0.1, -0.05) is 22.0 Å². The average Bonchev–Trinajstić information content (AvgIpc) is 2.17. The van der Waals surface area contributed by atoms with Gasteiger partial charge in [-0.3, -0.25) is 0 Å². The molecule has 76 valence electrons. The first-order valence-corrected chi connectivity index (χ1v) is 5.25. The Kier molecular flexibility index (Phi) is 2.97. The molecule has 1 aromatic heterocycles. The average molecular weight is 265 g/mol. The van der Waals surface area contributed by atoms with E-state index in [2.05, 4.69) is 25.9 Å². The molecule has 15 heavy (non-hydrogen) atoms. The first kappa shape index (κ1) is 10.1. The molecule has 3 nitrogen and oxygen atoms in total. The van der Waals surface area contributed by atoms with Crippen LogP contribution >= 0.6 is 15.9 Å². The van der Waals surface area contributed by atoms with E-state index in [4.69, 9.17) is 4.74 Å². The second-order valence-corrected chi connectivity index (χ2v) is 3.97. The maximum Gasteiger partial charge on any atom is 0.222 e. The number of nitrogens with zero attached hydrogens (tertiary/aromatic N) is 2. The Balaban J connectivity index is 2.22. The summed E-state index contributed by atoms with van der Waals surface area (Å²) in [4.78, 5) is 8.01. The highest BCUT2D eigenvalue weighted by Crippen LogP contribution is 2.22. The van der Waals surface area contributed by atoms with Crippen LogP contribution in [0.5, 0.6) is 11.6 Å². The van der Waals surface area contributed by atoms with Gasteiger partial charge in [0, 0.05) is 16.2 Å². The third-order valence-corrected chi connectivity index (χ3v) is 2.29. The van der Waals surface area contributed by atoms with Crippen molar-refractivity contribution < 1.29 is 4.74 Å². The summed E-state index contributed by atoms with van der Waals surface area (Å²) in [5.41, 5.74) is 0.884. The van der Waals surface area contributed by atoms with Gasteiger partial charge >= 0.3 is 0 Å². The third-order valence-electron chi connectivity index (χ3n) is 1.80. The minimum atomic E-state index is 0.556.